The van der Waals surface area contributed by atoms with Gasteiger partial charge in [0.25, 0.3) is 0 Å². The lowest BCUT2D eigenvalue weighted by Gasteiger charge is -2.23. The molecule has 2 N–H and O–H groups in total. The average Bonchev–Trinajstić information content (AvgIpc) is 2.61. The van der Waals surface area contributed by atoms with E-state index in [2.05, 4.69) is 10.4 Å². The minimum absolute atomic E-state index is 0.141. The van der Waals surface area contributed by atoms with Crippen molar-refractivity contribution in [1.82, 2.24) is 15.1 Å². The van der Waals surface area contributed by atoms with E-state index in [1.807, 2.05) is 19.9 Å². The van der Waals surface area contributed by atoms with Gasteiger partial charge in [0.05, 0.1) is 11.6 Å². The van der Waals surface area contributed by atoms with E-state index in [1.54, 1.807) is 4.68 Å². The second kappa shape index (κ2) is 6.74. The van der Waals surface area contributed by atoms with E-state index in [4.69, 9.17) is 0 Å². The van der Waals surface area contributed by atoms with Gasteiger partial charge in [-0.1, -0.05) is 19.3 Å². The molecule has 6 heteroatoms. The van der Waals surface area contributed by atoms with Gasteiger partial charge < -0.3 is 10.4 Å². The normalized spacial score (nSPS) is 22.6. The van der Waals surface area contributed by atoms with Gasteiger partial charge in [-0.3, -0.25) is 14.3 Å². The fraction of sp³-hybridized carbons (Fsp3) is 0.667. The molecule has 2 atom stereocenters. The Balaban J connectivity index is 1.99. The van der Waals surface area contributed by atoms with Crippen LogP contribution in [0, 0.1) is 19.8 Å². The Morgan fingerprint density at radius 2 is 2.05 bits per heavy atom. The number of rotatable bonds is 4. The zero-order valence-electron chi connectivity index (χ0n) is 12.6. The number of nitrogens with one attached hydrogen (secondary N) is 1. The van der Waals surface area contributed by atoms with Gasteiger partial charge in [0.2, 0.25) is 5.91 Å². The number of carboxylic acids is 1. The Morgan fingerprint density at radius 3 is 2.67 bits per heavy atom. The fourth-order valence-corrected chi connectivity index (χ4v) is 3.00. The summed E-state index contributed by atoms with van der Waals surface area (Å²) in [5.74, 6) is -1.45. The molecule has 6 nitrogen and oxygen atoms in total. The van der Waals surface area contributed by atoms with E-state index in [0.717, 1.165) is 37.1 Å². The molecule has 21 heavy (non-hydrogen) atoms. The molecule has 0 saturated heterocycles. The predicted molar refractivity (Wildman–Crippen MR) is 77.8 cm³/mol. The quantitative estimate of drug-likeness (QED) is 0.827. The molecule has 1 heterocycles. The first-order valence-corrected chi connectivity index (χ1v) is 7.50. The van der Waals surface area contributed by atoms with E-state index >= 15 is 0 Å². The summed E-state index contributed by atoms with van der Waals surface area (Å²) >= 11 is 0. The minimum atomic E-state index is -0.812. The zero-order chi connectivity index (χ0) is 15.4. The van der Waals surface area contributed by atoms with Gasteiger partial charge in [0.15, 0.2) is 0 Å². The SMILES string of the molecule is Cc1cc(C)n(CC(=O)NC2CCCCCC2C(=O)O)n1. The summed E-state index contributed by atoms with van der Waals surface area (Å²) in [6.07, 6.45) is 4.29. The van der Waals surface area contributed by atoms with Crippen LogP contribution in [0.15, 0.2) is 6.07 Å². The molecule has 1 aliphatic carbocycles. The highest BCUT2D eigenvalue weighted by atomic mass is 16.4. The van der Waals surface area contributed by atoms with Crippen molar-refractivity contribution in [2.24, 2.45) is 5.92 Å². The average molecular weight is 293 g/mol. The Labute approximate surface area is 124 Å². The van der Waals surface area contributed by atoms with Crippen molar-refractivity contribution < 1.29 is 14.7 Å². The van der Waals surface area contributed by atoms with Crippen LogP contribution >= 0.6 is 0 Å². The lowest BCUT2D eigenvalue weighted by Crippen LogP contribution is -2.44. The van der Waals surface area contributed by atoms with Crippen molar-refractivity contribution in [3.05, 3.63) is 17.5 Å². The summed E-state index contributed by atoms with van der Waals surface area (Å²) in [6.45, 7) is 3.93. The molecule has 116 valence electrons. The summed E-state index contributed by atoms with van der Waals surface area (Å²) in [4.78, 5) is 23.5. The smallest absolute Gasteiger partial charge is 0.308 e. The molecule has 0 spiro atoms. The summed E-state index contributed by atoms with van der Waals surface area (Å²) in [6, 6.07) is 1.65. The number of carbonyl (C=O) groups is 2. The number of aromatic nitrogens is 2. The minimum Gasteiger partial charge on any atom is -0.481 e. The molecule has 2 rings (SSSR count). The van der Waals surface area contributed by atoms with Gasteiger partial charge >= 0.3 is 5.97 Å². The van der Waals surface area contributed by atoms with Crippen LogP contribution < -0.4 is 5.32 Å². The van der Waals surface area contributed by atoms with Crippen molar-refractivity contribution in [2.45, 2.75) is 58.5 Å². The first-order valence-electron chi connectivity index (χ1n) is 7.50. The highest BCUT2D eigenvalue weighted by Gasteiger charge is 2.30. The largest absolute Gasteiger partial charge is 0.481 e. The van der Waals surface area contributed by atoms with Gasteiger partial charge in [0, 0.05) is 11.7 Å². The Morgan fingerprint density at radius 1 is 1.33 bits per heavy atom. The van der Waals surface area contributed by atoms with E-state index in [9.17, 15) is 14.7 Å². The number of hydrogen-bond donors (Lipinski definition) is 2. The van der Waals surface area contributed by atoms with E-state index in [-0.39, 0.29) is 18.5 Å². The van der Waals surface area contributed by atoms with Crippen molar-refractivity contribution in [2.75, 3.05) is 0 Å². The molecule has 2 unspecified atom stereocenters. The van der Waals surface area contributed by atoms with Crippen LogP contribution in [0.3, 0.4) is 0 Å². The Bertz CT molecular complexity index is 524. The summed E-state index contributed by atoms with van der Waals surface area (Å²) in [5.41, 5.74) is 1.80. The number of carbonyl (C=O) groups excluding carboxylic acids is 1. The maximum Gasteiger partial charge on any atom is 0.308 e. The van der Waals surface area contributed by atoms with Gasteiger partial charge in [-0.25, -0.2) is 0 Å². The number of carboxylic acid groups (broad SMARTS) is 1. The van der Waals surface area contributed by atoms with Crippen molar-refractivity contribution >= 4 is 11.9 Å². The third-order valence-electron chi connectivity index (χ3n) is 4.08. The van der Waals surface area contributed by atoms with Gasteiger partial charge in [0.1, 0.15) is 6.54 Å². The molecule has 0 aromatic carbocycles. The lowest BCUT2D eigenvalue weighted by molar-refractivity contribution is -0.143. The molecule has 1 amide bonds. The summed E-state index contributed by atoms with van der Waals surface area (Å²) in [7, 11) is 0. The van der Waals surface area contributed by atoms with Crippen molar-refractivity contribution in [3.63, 3.8) is 0 Å². The predicted octanol–water partition coefficient (Wildman–Crippen LogP) is 1.65. The van der Waals surface area contributed by atoms with Crippen LogP contribution in [-0.2, 0) is 16.1 Å². The monoisotopic (exact) mass is 293 g/mol. The number of aryl methyl sites for hydroxylation is 2. The van der Waals surface area contributed by atoms with Crippen LogP contribution in [0.5, 0.6) is 0 Å². The Hall–Kier alpha value is -1.85. The molecular weight excluding hydrogens is 270 g/mol. The van der Waals surface area contributed by atoms with Gasteiger partial charge in [-0.15, -0.1) is 0 Å². The number of hydrogen-bond acceptors (Lipinski definition) is 3. The van der Waals surface area contributed by atoms with Gasteiger partial charge in [-0.2, -0.15) is 5.10 Å². The maximum atomic E-state index is 12.2. The highest BCUT2D eigenvalue weighted by molar-refractivity contribution is 5.78. The third-order valence-corrected chi connectivity index (χ3v) is 4.08. The second-order valence-electron chi connectivity index (χ2n) is 5.84. The molecule has 1 aromatic heterocycles. The number of amides is 1. The van der Waals surface area contributed by atoms with E-state index in [1.165, 1.54) is 0 Å². The highest BCUT2D eigenvalue weighted by Crippen LogP contribution is 2.23. The number of aliphatic carboxylic acids is 1. The zero-order valence-corrected chi connectivity index (χ0v) is 12.6. The van der Waals surface area contributed by atoms with Crippen molar-refractivity contribution in [3.8, 4) is 0 Å². The molecule has 1 fully saturated rings. The Kier molecular flexibility index (Phi) is 4.98. The standard InChI is InChI=1S/C15H23N3O3/c1-10-8-11(2)18(17-10)9-14(19)16-13-7-5-3-4-6-12(13)15(20)21/h8,12-13H,3-7,9H2,1-2H3,(H,16,19)(H,20,21). The maximum absolute atomic E-state index is 12.2. The van der Waals surface area contributed by atoms with Crippen LogP contribution in [0.25, 0.3) is 0 Å². The van der Waals surface area contributed by atoms with Gasteiger partial charge in [-0.05, 0) is 32.8 Å². The fourth-order valence-electron chi connectivity index (χ4n) is 3.00. The third kappa shape index (κ3) is 4.06. The lowest BCUT2D eigenvalue weighted by atomic mass is 9.95. The van der Waals surface area contributed by atoms with Crippen molar-refractivity contribution in [1.29, 1.82) is 0 Å². The summed E-state index contributed by atoms with van der Waals surface area (Å²) < 4.78 is 1.65. The molecule has 0 aliphatic heterocycles. The van der Waals surface area contributed by atoms with E-state index < -0.39 is 11.9 Å². The topological polar surface area (TPSA) is 84.2 Å². The summed E-state index contributed by atoms with van der Waals surface area (Å²) in [5, 5.41) is 16.5. The number of nitrogens with zero attached hydrogens (tertiary/aromatic N) is 2. The molecule has 0 bridgehead atoms. The van der Waals surface area contributed by atoms with E-state index in [0.29, 0.717) is 6.42 Å². The first-order chi connectivity index (χ1) is 9.97. The van der Waals surface area contributed by atoms with Crippen LogP contribution in [0.2, 0.25) is 0 Å². The van der Waals surface area contributed by atoms with Crippen LogP contribution in [0.1, 0.15) is 43.5 Å². The first kappa shape index (κ1) is 15.5. The van der Waals surface area contributed by atoms with Crippen LogP contribution in [0.4, 0.5) is 0 Å². The van der Waals surface area contributed by atoms with Crippen LogP contribution in [-0.4, -0.2) is 32.8 Å². The molecular formula is C15H23N3O3. The molecule has 0 radical (unpaired) electrons. The molecule has 1 aromatic rings. The second-order valence-corrected chi connectivity index (χ2v) is 5.84. The molecule has 1 saturated carbocycles. The molecule has 1 aliphatic rings.